The second kappa shape index (κ2) is 8.95. The minimum atomic E-state index is -1.11. The molecule has 20 heavy (non-hydrogen) atoms. The highest BCUT2D eigenvalue weighted by Crippen LogP contribution is 1.98. The maximum Gasteiger partial charge on any atom is 0.323 e. The lowest BCUT2D eigenvalue weighted by Crippen LogP contribution is -2.47. The number of hydrogen-bond donors (Lipinski definition) is 2. The van der Waals surface area contributed by atoms with Gasteiger partial charge in [0.1, 0.15) is 13.1 Å². The molecule has 3 amide bonds. The molecule has 0 aromatic carbocycles. The number of urea groups is 1. The average molecular weight is 285 g/mol. The third-order valence-corrected chi connectivity index (χ3v) is 2.36. The van der Waals surface area contributed by atoms with Gasteiger partial charge in [0.15, 0.2) is 0 Å². The minimum absolute atomic E-state index is 0.112. The molecule has 0 rings (SSSR count). The van der Waals surface area contributed by atoms with Crippen LogP contribution >= 0.6 is 0 Å². The normalized spacial score (nSPS) is 10.0. The van der Waals surface area contributed by atoms with Gasteiger partial charge in [0.05, 0.1) is 0 Å². The van der Waals surface area contributed by atoms with E-state index in [-0.39, 0.29) is 19.0 Å². The number of carboxylic acids is 1. The number of hydrogen-bond acceptors (Lipinski definition) is 3. The first-order valence-electron chi connectivity index (χ1n) is 6.37. The minimum Gasteiger partial charge on any atom is -0.480 e. The number of nitrogens with one attached hydrogen (secondary N) is 1. The molecule has 0 aliphatic rings. The van der Waals surface area contributed by atoms with Crippen LogP contribution in [0.15, 0.2) is 12.7 Å². The summed E-state index contributed by atoms with van der Waals surface area (Å²) in [6.07, 6.45) is 1.44. The summed E-state index contributed by atoms with van der Waals surface area (Å²) in [5.74, 6) is -1.06. The van der Waals surface area contributed by atoms with Crippen LogP contribution in [0.25, 0.3) is 0 Å². The molecule has 0 radical (unpaired) electrons. The lowest BCUT2D eigenvalue weighted by atomic mass is 10.2. The predicted molar refractivity (Wildman–Crippen MR) is 75.3 cm³/mol. The summed E-state index contributed by atoms with van der Waals surface area (Å²) in [6, 6.07) is -0.521. The fraction of sp³-hybridized carbons (Fsp3) is 0.615. The van der Waals surface area contributed by atoms with Crippen molar-refractivity contribution in [2.75, 3.05) is 33.2 Å². The molecular weight excluding hydrogens is 262 g/mol. The number of likely N-dealkylation sites (N-methyl/N-ethyl adjacent to an activating group) is 1. The number of amides is 3. The summed E-state index contributed by atoms with van der Waals surface area (Å²) in [7, 11) is 1.45. The predicted octanol–water partition coefficient (Wildman–Crippen LogP) is 0.383. The number of nitrogens with zero attached hydrogens (tertiary/aromatic N) is 2. The molecule has 0 bridgehead atoms. The summed E-state index contributed by atoms with van der Waals surface area (Å²) >= 11 is 0. The number of rotatable bonds is 8. The van der Waals surface area contributed by atoms with Crippen LogP contribution in [0.1, 0.15) is 13.8 Å². The molecule has 7 heteroatoms. The number of carboxylic acid groups (broad SMARTS) is 1. The van der Waals surface area contributed by atoms with Crippen molar-refractivity contribution in [2.45, 2.75) is 13.8 Å². The molecule has 0 aromatic heterocycles. The van der Waals surface area contributed by atoms with Gasteiger partial charge in [-0.05, 0) is 5.92 Å². The van der Waals surface area contributed by atoms with Crippen LogP contribution in [-0.4, -0.2) is 66.0 Å². The fourth-order valence-corrected chi connectivity index (χ4v) is 1.43. The van der Waals surface area contributed by atoms with Crippen molar-refractivity contribution in [1.29, 1.82) is 0 Å². The van der Waals surface area contributed by atoms with Gasteiger partial charge in [0.2, 0.25) is 5.91 Å². The number of carbonyl (C=O) groups is 3. The Balaban J connectivity index is 4.44. The SMILES string of the molecule is C=CCN(CC(=O)O)C(=O)N(C)CC(=O)NCC(C)C. The molecule has 0 aromatic rings. The quantitative estimate of drug-likeness (QED) is 0.631. The highest BCUT2D eigenvalue weighted by atomic mass is 16.4. The average Bonchev–Trinajstić information content (AvgIpc) is 2.34. The van der Waals surface area contributed by atoms with Crippen LogP contribution in [0.4, 0.5) is 4.79 Å². The zero-order valence-corrected chi connectivity index (χ0v) is 12.3. The zero-order chi connectivity index (χ0) is 15.7. The molecule has 0 spiro atoms. The highest BCUT2D eigenvalue weighted by molar-refractivity contribution is 5.85. The van der Waals surface area contributed by atoms with Gasteiger partial charge in [-0.3, -0.25) is 9.59 Å². The zero-order valence-electron chi connectivity index (χ0n) is 12.3. The van der Waals surface area contributed by atoms with Gasteiger partial charge < -0.3 is 20.2 Å². The Morgan fingerprint density at radius 1 is 1.30 bits per heavy atom. The Morgan fingerprint density at radius 3 is 2.35 bits per heavy atom. The number of carbonyl (C=O) groups excluding carboxylic acids is 2. The largest absolute Gasteiger partial charge is 0.480 e. The number of aliphatic carboxylic acids is 1. The van der Waals surface area contributed by atoms with Crippen molar-refractivity contribution >= 4 is 17.9 Å². The first-order valence-corrected chi connectivity index (χ1v) is 6.37. The molecule has 0 saturated carbocycles. The van der Waals surface area contributed by atoms with Crippen LogP contribution in [0, 0.1) is 5.92 Å². The standard InChI is InChI=1S/C13H23N3O4/c1-5-6-16(9-12(18)19)13(20)15(4)8-11(17)14-7-10(2)3/h5,10H,1,6-9H2,2-4H3,(H,14,17)(H,18,19). The van der Waals surface area contributed by atoms with Crippen LogP contribution in [0.3, 0.4) is 0 Å². The van der Waals surface area contributed by atoms with Crippen molar-refractivity contribution in [3.63, 3.8) is 0 Å². The van der Waals surface area contributed by atoms with Crippen molar-refractivity contribution < 1.29 is 19.5 Å². The van der Waals surface area contributed by atoms with E-state index in [0.717, 1.165) is 4.90 Å². The van der Waals surface area contributed by atoms with Crippen LogP contribution in [0.2, 0.25) is 0 Å². The first-order chi connectivity index (χ1) is 9.27. The molecule has 7 nitrogen and oxygen atoms in total. The Bertz CT molecular complexity index is 369. The van der Waals surface area contributed by atoms with Gasteiger partial charge in [-0.1, -0.05) is 19.9 Å². The van der Waals surface area contributed by atoms with E-state index in [2.05, 4.69) is 11.9 Å². The monoisotopic (exact) mass is 285 g/mol. The smallest absolute Gasteiger partial charge is 0.323 e. The van der Waals surface area contributed by atoms with Crippen molar-refractivity contribution in [2.24, 2.45) is 5.92 Å². The topological polar surface area (TPSA) is 90.0 Å². The molecule has 0 heterocycles. The van der Waals surface area contributed by atoms with E-state index in [9.17, 15) is 14.4 Å². The first kappa shape index (κ1) is 17.9. The highest BCUT2D eigenvalue weighted by Gasteiger charge is 2.20. The Kier molecular flexibility index (Phi) is 8.03. The van der Waals surface area contributed by atoms with Crippen LogP contribution in [0.5, 0.6) is 0 Å². The summed E-state index contributed by atoms with van der Waals surface area (Å²) in [4.78, 5) is 36.6. The maximum absolute atomic E-state index is 12.0. The molecule has 114 valence electrons. The third kappa shape index (κ3) is 7.40. The van der Waals surface area contributed by atoms with Gasteiger partial charge in [0.25, 0.3) is 0 Å². The Labute approximate surface area is 119 Å². The molecule has 0 aliphatic carbocycles. The van der Waals surface area contributed by atoms with Crippen molar-refractivity contribution in [3.8, 4) is 0 Å². The van der Waals surface area contributed by atoms with E-state index in [0.29, 0.717) is 12.5 Å². The Morgan fingerprint density at radius 2 is 1.90 bits per heavy atom. The second-order valence-electron chi connectivity index (χ2n) is 4.90. The van der Waals surface area contributed by atoms with Gasteiger partial charge >= 0.3 is 12.0 Å². The molecular formula is C13H23N3O4. The Hall–Kier alpha value is -2.05. The molecule has 0 fully saturated rings. The van der Waals surface area contributed by atoms with E-state index in [1.165, 1.54) is 18.0 Å². The van der Waals surface area contributed by atoms with Gasteiger partial charge in [-0.25, -0.2) is 4.79 Å². The van der Waals surface area contributed by atoms with Crippen molar-refractivity contribution in [1.82, 2.24) is 15.1 Å². The maximum atomic E-state index is 12.0. The van der Waals surface area contributed by atoms with Crippen LogP contribution in [-0.2, 0) is 9.59 Å². The van der Waals surface area contributed by atoms with Gasteiger partial charge in [0, 0.05) is 20.1 Å². The van der Waals surface area contributed by atoms with E-state index in [1.54, 1.807) is 0 Å². The van der Waals surface area contributed by atoms with E-state index >= 15 is 0 Å². The van der Waals surface area contributed by atoms with E-state index < -0.39 is 18.5 Å². The van der Waals surface area contributed by atoms with Crippen LogP contribution < -0.4 is 5.32 Å². The van der Waals surface area contributed by atoms with Gasteiger partial charge in [-0.15, -0.1) is 6.58 Å². The lowest BCUT2D eigenvalue weighted by molar-refractivity contribution is -0.137. The summed E-state index contributed by atoms with van der Waals surface area (Å²) in [5, 5.41) is 11.4. The fourth-order valence-electron chi connectivity index (χ4n) is 1.43. The molecule has 0 atom stereocenters. The second-order valence-corrected chi connectivity index (χ2v) is 4.90. The lowest BCUT2D eigenvalue weighted by Gasteiger charge is -2.25. The van der Waals surface area contributed by atoms with Gasteiger partial charge in [-0.2, -0.15) is 0 Å². The van der Waals surface area contributed by atoms with Crippen molar-refractivity contribution in [3.05, 3.63) is 12.7 Å². The molecule has 0 saturated heterocycles. The summed E-state index contributed by atoms with van der Waals surface area (Å²) in [5.41, 5.74) is 0. The van der Waals surface area contributed by atoms with E-state index in [1.807, 2.05) is 13.8 Å². The molecule has 2 N–H and O–H groups in total. The summed E-state index contributed by atoms with van der Waals surface area (Å²) in [6.45, 7) is 7.52. The molecule has 0 aliphatic heterocycles. The molecule has 0 unspecified atom stereocenters. The van der Waals surface area contributed by atoms with E-state index in [4.69, 9.17) is 5.11 Å². The third-order valence-electron chi connectivity index (χ3n) is 2.36. The summed E-state index contributed by atoms with van der Waals surface area (Å²) < 4.78 is 0.